The van der Waals surface area contributed by atoms with E-state index in [2.05, 4.69) is 36.1 Å². The van der Waals surface area contributed by atoms with Crippen LogP contribution >= 0.6 is 0 Å². The second-order valence-electron chi connectivity index (χ2n) is 6.54. The number of nitrogens with zero attached hydrogens (tertiary/aromatic N) is 2. The summed E-state index contributed by atoms with van der Waals surface area (Å²) in [6, 6.07) is 13.9. The first-order chi connectivity index (χ1) is 13.1. The number of ether oxygens (including phenoxy) is 2. The summed E-state index contributed by atoms with van der Waals surface area (Å²) in [5.74, 6) is 1.43. The molecule has 1 saturated heterocycles. The van der Waals surface area contributed by atoms with Crippen LogP contribution in [-0.4, -0.2) is 51.2 Å². The molecule has 27 heavy (non-hydrogen) atoms. The van der Waals surface area contributed by atoms with E-state index in [9.17, 15) is 4.79 Å². The van der Waals surface area contributed by atoms with E-state index in [-0.39, 0.29) is 5.91 Å². The number of aryl methyl sites for hydroxylation is 1. The molecule has 142 valence electrons. The third-order valence-electron chi connectivity index (χ3n) is 4.89. The first-order valence-electron chi connectivity index (χ1n) is 9.12. The molecule has 1 amide bonds. The van der Waals surface area contributed by atoms with Gasteiger partial charge in [-0.3, -0.25) is 4.79 Å². The largest absolute Gasteiger partial charge is 0.497 e. The summed E-state index contributed by atoms with van der Waals surface area (Å²) in [5, 5.41) is 0. The van der Waals surface area contributed by atoms with Crippen molar-refractivity contribution in [1.82, 2.24) is 4.90 Å². The van der Waals surface area contributed by atoms with E-state index in [0.717, 1.165) is 37.5 Å². The van der Waals surface area contributed by atoms with Crippen molar-refractivity contribution in [3.63, 3.8) is 0 Å². The lowest BCUT2D eigenvalue weighted by Gasteiger charge is -2.36. The van der Waals surface area contributed by atoms with Crippen molar-refractivity contribution in [2.45, 2.75) is 6.92 Å². The Morgan fingerprint density at radius 3 is 2.41 bits per heavy atom. The van der Waals surface area contributed by atoms with Gasteiger partial charge in [-0.2, -0.15) is 0 Å². The van der Waals surface area contributed by atoms with Crippen LogP contribution in [0.2, 0.25) is 0 Å². The number of para-hydroxylation sites is 1. The van der Waals surface area contributed by atoms with Crippen molar-refractivity contribution in [2.24, 2.45) is 0 Å². The number of benzene rings is 2. The van der Waals surface area contributed by atoms with Crippen LogP contribution in [0.25, 0.3) is 6.08 Å². The number of piperazine rings is 1. The summed E-state index contributed by atoms with van der Waals surface area (Å²) in [6.07, 6.45) is 3.42. The van der Waals surface area contributed by atoms with Crippen LogP contribution in [0.3, 0.4) is 0 Å². The molecule has 2 aromatic rings. The molecular weight excluding hydrogens is 340 g/mol. The van der Waals surface area contributed by atoms with Crippen molar-refractivity contribution in [2.75, 3.05) is 45.3 Å². The van der Waals surface area contributed by atoms with Crippen molar-refractivity contribution in [1.29, 1.82) is 0 Å². The van der Waals surface area contributed by atoms with Crippen LogP contribution < -0.4 is 14.4 Å². The average molecular weight is 366 g/mol. The van der Waals surface area contributed by atoms with E-state index in [4.69, 9.17) is 9.47 Å². The van der Waals surface area contributed by atoms with E-state index < -0.39 is 0 Å². The number of hydrogen-bond donors (Lipinski definition) is 0. The van der Waals surface area contributed by atoms with Gasteiger partial charge in [-0.1, -0.05) is 18.2 Å². The number of amides is 1. The smallest absolute Gasteiger partial charge is 0.246 e. The van der Waals surface area contributed by atoms with Crippen LogP contribution in [0, 0.1) is 6.92 Å². The minimum absolute atomic E-state index is 0.0253. The number of carbonyl (C=O) groups is 1. The van der Waals surface area contributed by atoms with E-state index >= 15 is 0 Å². The molecule has 0 unspecified atom stereocenters. The Morgan fingerprint density at radius 2 is 1.74 bits per heavy atom. The highest BCUT2D eigenvalue weighted by molar-refractivity contribution is 5.92. The minimum atomic E-state index is 0.0253. The predicted molar refractivity (Wildman–Crippen MR) is 109 cm³/mol. The molecule has 1 aliphatic heterocycles. The zero-order valence-electron chi connectivity index (χ0n) is 16.1. The van der Waals surface area contributed by atoms with Gasteiger partial charge in [0, 0.05) is 49.6 Å². The van der Waals surface area contributed by atoms with Crippen LogP contribution in [0.1, 0.15) is 11.1 Å². The van der Waals surface area contributed by atoms with Gasteiger partial charge >= 0.3 is 0 Å². The van der Waals surface area contributed by atoms with E-state index in [1.165, 1.54) is 11.3 Å². The second-order valence-corrected chi connectivity index (χ2v) is 6.54. The number of hydrogen-bond acceptors (Lipinski definition) is 4. The lowest BCUT2D eigenvalue weighted by Crippen LogP contribution is -2.48. The topological polar surface area (TPSA) is 42.0 Å². The standard InChI is InChI=1S/C22H26N2O3/c1-17-6-4-5-7-20(17)23-12-14-24(15-13-23)22(25)11-9-18-8-10-19(26-2)16-21(18)27-3/h4-11,16H,12-15H2,1-3H3/b11-9+. The van der Waals surface area contributed by atoms with Gasteiger partial charge < -0.3 is 19.3 Å². The fraction of sp³-hybridized carbons (Fsp3) is 0.318. The molecule has 0 aromatic heterocycles. The Bertz CT molecular complexity index is 824. The predicted octanol–water partition coefficient (Wildman–Crippen LogP) is 3.37. The summed E-state index contributed by atoms with van der Waals surface area (Å²) < 4.78 is 10.6. The third-order valence-corrected chi connectivity index (χ3v) is 4.89. The van der Waals surface area contributed by atoms with Crippen molar-refractivity contribution in [3.8, 4) is 11.5 Å². The van der Waals surface area contributed by atoms with Gasteiger partial charge in [0.05, 0.1) is 14.2 Å². The van der Waals surface area contributed by atoms with Crippen molar-refractivity contribution >= 4 is 17.7 Å². The molecule has 0 atom stereocenters. The van der Waals surface area contributed by atoms with Gasteiger partial charge in [-0.25, -0.2) is 0 Å². The molecule has 3 rings (SSSR count). The fourth-order valence-electron chi connectivity index (χ4n) is 3.31. The molecule has 1 heterocycles. The van der Waals surface area contributed by atoms with Crippen molar-refractivity contribution in [3.05, 3.63) is 59.7 Å². The Hall–Kier alpha value is -2.95. The monoisotopic (exact) mass is 366 g/mol. The Kier molecular flexibility index (Phi) is 6.01. The summed E-state index contributed by atoms with van der Waals surface area (Å²) in [5.41, 5.74) is 3.37. The highest BCUT2D eigenvalue weighted by atomic mass is 16.5. The summed E-state index contributed by atoms with van der Waals surface area (Å²) in [6.45, 7) is 5.25. The number of carbonyl (C=O) groups excluding carboxylic acids is 1. The Labute approximate surface area is 160 Å². The maximum absolute atomic E-state index is 12.6. The quantitative estimate of drug-likeness (QED) is 0.761. The van der Waals surface area contributed by atoms with E-state index in [1.807, 2.05) is 23.1 Å². The van der Waals surface area contributed by atoms with Gasteiger partial charge in [0.2, 0.25) is 5.91 Å². The Balaban J connectivity index is 1.61. The zero-order valence-corrected chi connectivity index (χ0v) is 16.1. The fourth-order valence-corrected chi connectivity index (χ4v) is 3.31. The first-order valence-corrected chi connectivity index (χ1v) is 9.12. The lowest BCUT2D eigenvalue weighted by molar-refractivity contribution is -0.126. The summed E-state index contributed by atoms with van der Waals surface area (Å²) in [7, 11) is 3.23. The van der Waals surface area contributed by atoms with Crippen LogP contribution in [0.4, 0.5) is 5.69 Å². The molecule has 0 saturated carbocycles. The van der Waals surface area contributed by atoms with Gasteiger partial charge in [0.25, 0.3) is 0 Å². The normalized spacial score (nSPS) is 14.5. The van der Waals surface area contributed by atoms with Crippen LogP contribution in [-0.2, 0) is 4.79 Å². The Morgan fingerprint density at radius 1 is 1.00 bits per heavy atom. The molecule has 0 radical (unpaired) electrons. The lowest BCUT2D eigenvalue weighted by atomic mass is 10.1. The van der Waals surface area contributed by atoms with Crippen LogP contribution in [0.15, 0.2) is 48.5 Å². The number of rotatable bonds is 5. The first kappa shape index (κ1) is 18.8. The maximum Gasteiger partial charge on any atom is 0.246 e. The minimum Gasteiger partial charge on any atom is -0.497 e. The van der Waals surface area contributed by atoms with Crippen molar-refractivity contribution < 1.29 is 14.3 Å². The van der Waals surface area contributed by atoms with Gasteiger partial charge in [-0.15, -0.1) is 0 Å². The van der Waals surface area contributed by atoms with Gasteiger partial charge in [-0.05, 0) is 36.8 Å². The number of anilines is 1. The van der Waals surface area contributed by atoms with E-state index in [0.29, 0.717) is 5.75 Å². The molecule has 0 bridgehead atoms. The molecule has 0 spiro atoms. The summed E-state index contributed by atoms with van der Waals surface area (Å²) in [4.78, 5) is 16.8. The molecule has 0 N–H and O–H groups in total. The highest BCUT2D eigenvalue weighted by Crippen LogP contribution is 2.26. The van der Waals surface area contributed by atoms with Gasteiger partial charge in [0.15, 0.2) is 0 Å². The summed E-state index contributed by atoms with van der Waals surface area (Å²) >= 11 is 0. The highest BCUT2D eigenvalue weighted by Gasteiger charge is 2.20. The molecule has 5 nitrogen and oxygen atoms in total. The van der Waals surface area contributed by atoms with Gasteiger partial charge in [0.1, 0.15) is 11.5 Å². The molecule has 5 heteroatoms. The third kappa shape index (κ3) is 4.42. The average Bonchev–Trinajstić information content (AvgIpc) is 2.72. The molecule has 1 fully saturated rings. The maximum atomic E-state index is 12.6. The molecule has 1 aliphatic rings. The van der Waals surface area contributed by atoms with Crippen LogP contribution in [0.5, 0.6) is 11.5 Å². The van der Waals surface area contributed by atoms with E-state index in [1.54, 1.807) is 26.4 Å². The number of methoxy groups -OCH3 is 2. The molecular formula is C22H26N2O3. The zero-order chi connectivity index (χ0) is 19.2. The molecule has 0 aliphatic carbocycles. The molecule has 2 aromatic carbocycles. The SMILES string of the molecule is COc1ccc(/C=C/C(=O)N2CCN(c3ccccc3C)CC2)c(OC)c1. The second kappa shape index (κ2) is 8.62.